The Morgan fingerprint density at radius 2 is 1.66 bits per heavy atom. The summed E-state index contributed by atoms with van der Waals surface area (Å²) in [4.78, 5) is 22.9. The fourth-order valence-electron chi connectivity index (χ4n) is 4.80. The first-order valence-electron chi connectivity index (χ1n) is 13.2. The Bertz CT molecular complexity index is 1370. The molecular weight excluding hydrogens is 520 g/mol. The van der Waals surface area contributed by atoms with E-state index in [2.05, 4.69) is 44.7 Å². The van der Waals surface area contributed by atoms with Crippen molar-refractivity contribution in [3.8, 4) is 0 Å². The van der Waals surface area contributed by atoms with Crippen molar-refractivity contribution < 1.29 is 17.9 Å². The van der Waals surface area contributed by atoms with Gasteiger partial charge in [-0.15, -0.1) is 0 Å². The third-order valence-corrected chi connectivity index (χ3v) is 10.1. The maximum absolute atomic E-state index is 13.8. The number of aryl methyl sites for hydroxylation is 2. The van der Waals surface area contributed by atoms with Gasteiger partial charge >= 0.3 is 0 Å². The summed E-state index contributed by atoms with van der Waals surface area (Å²) in [5, 5.41) is 0.652. The Morgan fingerprint density at radius 1 is 1.03 bits per heavy atom. The molecule has 1 amide bonds. The summed E-state index contributed by atoms with van der Waals surface area (Å²) in [5.41, 5.74) is 3.62. The van der Waals surface area contributed by atoms with Crippen molar-refractivity contribution in [2.75, 3.05) is 44.2 Å². The third-order valence-electron chi connectivity index (χ3n) is 7.21. The molecule has 0 radical (unpaired) electrons. The standard InChI is InChI=1S/C28H38N4O4S2/c1-7-30(8-2)15-16-32(28-29-26-22(6)19(3)9-14-25(26)37-28)27(33)23-10-12-24(13-11-23)38(34,35)31-17-20(4)36-21(5)18-31/h9-14,20-21H,7-8,15-18H2,1-6H3. The number of fused-ring (bicyclic) bond motifs is 1. The number of hydrogen-bond acceptors (Lipinski definition) is 7. The highest BCUT2D eigenvalue weighted by atomic mass is 32.2. The van der Waals surface area contributed by atoms with Crippen LogP contribution in [-0.4, -0.2) is 80.0 Å². The van der Waals surface area contributed by atoms with Crippen molar-refractivity contribution in [1.29, 1.82) is 0 Å². The zero-order chi connectivity index (χ0) is 27.6. The van der Waals surface area contributed by atoms with Crippen molar-refractivity contribution in [1.82, 2.24) is 14.2 Å². The summed E-state index contributed by atoms with van der Waals surface area (Å²) in [6.45, 7) is 15.7. The first-order valence-corrected chi connectivity index (χ1v) is 15.5. The zero-order valence-corrected chi connectivity index (χ0v) is 24.7. The number of ether oxygens (including phenoxy) is 1. The molecule has 1 aliphatic heterocycles. The monoisotopic (exact) mass is 558 g/mol. The maximum Gasteiger partial charge on any atom is 0.260 e. The molecule has 38 heavy (non-hydrogen) atoms. The van der Waals surface area contributed by atoms with Gasteiger partial charge < -0.3 is 9.64 Å². The molecule has 3 aromatic rings. The number of aromatic nitrogens is 1. The lowest BCUT2D eigenvalue weighted by molar-refractivity contribution is -0.0440. The van der Waals surface area contributed by atoms with Crippen LogP contribution in [0.4, 0.5) is 5.13 Å². The summed E-state index contributed by atoms with van der Waals surface area (Å²) in [5.74, 6) is -0.192. The van der Waals surface area contributed by atoms with Gasteiger partial charge in [0.2, 0.25) is 10.0 Å². The zero-order valence-electron chi connectivity index (χ0n) is 23.1. The van der Waals surface area contributed by atoms with Crippen LogP contribution >= 0.6 is 11.3 Å². The Morgan fingerprint density at radius 3 is 2.26 bits per heavy atom. The fourth-order valence-corrected chi connectivity index (χ4v) is 7.44. The van der Waals surface area contributed by atoms with Gasteiger partial charge in [-0.05, 0) is 82.2 Å². The topological polar surface area (TPSA) is 83.1 Å². The predicted octanol–water partition coefficient (Wildman–Crippen LogP) is 4.70. The molecule has 2 atom stereocenters. The van der Waals surface area contributed by atoms with Crippen LogP contribution < -0.4 is 4.90 Å². The average Bonchev–Trinajstić information content (AvgIpc) is 3.33. The molecular formula is C28H38N4O4S2. The van der Waals surface area contributed by atoms with Crippen molar-refractivity contribution in [3.63, 3.8) is 0 Å². The van der Waals surface area contributed by atoms with Gasteiger partial charge in [0.25, 0.3) is 5.91 Å². The minimum Gasteiger partial charge on any atom is -0.373 e. The lowest BCUT2D eigenvalue weighted by Gasteiger charge is -2.34. The molecule has 1 saturated heterocycles. The van der Waals surface area contributed by atoms with Crippen LogP contribution in [0, 0.1) is 13.8 Å². The van der Waals surface area contributed by atoms with E-state index in [0.29, 0.717) is 36.9 Å². The quantitative estimate of drug-likeness (QED) is 0.379. The number of amides is 1. The summed E-state index contributed by atoms with van der Waals surface area (Å²) in [6.07, 6.45) is -0.343. The number of rotatable bonds is 9. The van der Waals surface area contributed by atoms with Gasteiger partial charge in [-0.25, -0.2) is 13.4 Å². The van der Waals surface area contributed by atoms with E-state index in [0.717, 1.165) is 34.4 Å². The van der Waals surface area contributed by atoms with Crippen LogP contribution in [0.2, 0.25) is 0 Å². The molecule has 1 aromatic heterocycles. The van der Waals surface area contributed by atoms with E-state index in [-0.39, 0.29) is 23.0 Å². The van der Waals surface area contributed by atoms with E-state index in [1.165, 1.54) is 27.8 Å². The van der Waals surface area contributed by atoms with Gasteiger partial charge in [-0.1, -0.05) is 31.3 Å². The molecule has 1 aliphatic rings. The van der Waals surface area contributed by atoms with E-state index >= 15 is 0 Å². The van der Waals surface area contributed by atoms with E-state index in [1.54, 1.807) is 17.0 Å². The summed E-state index contributed by atoms with van der Waals surface area (Å²) in [6, 6.07) is 10.4. The molecule has 0 spiro atoms. The lowest BCUT2D eigenvalue weighted by atomic mass is 10.1. The third kappa shape index (κ3) is 5.94. The van der Waals surface area contributed by atoms with Gasteiger partial charge in [-0.3, -0.25) is 9.69 Å². The number of sulfonamides is 1. The highest BCUT2D eigenvalue weighted by molar-refractivity contribution is 7.89. The van der Waals surface area contributed by atoms with Crippen LogP contribution in [0.5, 0.6) is 0 Å². The van der Waals surface area contributed by atoms with Crippen molar-refractivity contribution in [2.45, 2.75) is 58.6 Å². The minimum absolute atomic E-state index is 0.171. The second kappa shape index (κ2) is 11.8. The van der Waals surface area contributed by atoms with Crippen LogP contribution in [0.15, 0.2) is 41.3 Å². The largest absolute Gasteiger partial charge is 0.373 e. The van der Waals surface area contributed by atoms with Crippen molar-refractivity contribution in [3.05, 3.63) is 53.1 Å². The number of anilines is 1. The molecule has 8 nitrogen and oxygen atoms in total. The van der Waals surface area contributed by atoms with Crippen LogP contribution in [-0.2, 0) is 14.8 Å². The number of carbonyl (C=O) groups excluding carboxylic acids is 1. The molecule has 206 valence electrons. The van der Waals surface area contributed by atoms with Crippen LogP contribution in [0.1, 0.15) is 49.2 Å². The van der Waals surface area contributed by atoms with E-state index in [4.69, 9.17) is 9.72 Å². The SMILES string of the molecule is CCN(CC)CCN(C(=O)c1ccc(S(=O)(=O)N2CC(C)OC(C)C2)cc1)c1nc2c(C)c(C)ccc2s1. The lowest BCUT2D eigenvalue weighted by Crippen LogP contribution is -2.48. The second-order valence-corrected chi connectivity index (χ2v) is 12.9. The Balaban J connectivity index is 1.63. The number of nitrogens with zero attached hydrogens (tertiary/aromatic N) is 4. The normalized spacial score (nSPS) is 18.8. The molecule has 10 heteroatoms. The molecule has 0 aliphatic carbocycles. The number of benzene rings is 2. The highest BCUT2D eigenvalue weighted by Crippen LogP contribution is 2.33. The summed E-state index contributed by atoms with van der Waals surface area (Å²) >= 11 is 1.51. The molecule has 0 N–H and O–H groups in total. The number of carbonyl (C=O) groups is 1. The average molecular weight is 559 g/mol. The van der Waals surface area contributed by atoms with E-state index in [9.17, 15) is 13.2 Å². The van der Waals surface area contributed by atoms with E-state index < -0.39 is 10.0 Å². The number of thiazole rings is 1. The smallest absolute Gasteiger partial charge is 0.260 e. The van der Waals surface area contributed by atoms with Gasteiger partial charge in [0.1, 0.15) is 0 Å². The molecule has 2 aromatic carbocycles. The second-order valence-electron chi connectivity index (χ2n) is 9.94. The first-order chi connectivity index (χ1) is 18.0. The van der Waals surface area contributed by atoms with Crippen molar-refractivity contribution in [2.24, 2.45) is 0 Å². The Labute approximate surface area is 230 Å². The van der Waals surface area contributed by atoms with Gasteiger partial charge in [0.15, 0.2) is 5.13 Å². The predicted molar refractivity (Wildman–Crippen MR) is 154 cm³/mol. The molecule has 1 fully saturated rings. The molecule has 0 bridgehead atoms. The number of hydrogen-bond donors (Lipinski definition) is 0. The van der Waals surface area contributed by atoms with E-state index in [1.807, 2.05) is 13.8 Å². The first kappa shape index (κ1) is 28.6. The fraction of sp³-hybridized carbons (Fsp3) is 0.500. The van der Waals surface area contributed by atoms with Crippen LogP contribution in [0.25, 0.3) is 10.2 Å². The molecule has 2 unspecified atom stereocenters. The summed E-state index contributed by atoms with van der Waals surface area (Å²) < 4.78 is 34.8. The molecule has 2 heterocycles. The summed E-state index contributed by atoms with van der Waals surface area (Å²) in [7, 11) is -3.69. The van der Waals surface area contributed by atoms with Gasteiger partial charge in [0.05, 0.1) is 27.3 Å². The molecule has 0 saturated carbocycles. The molecule has 4 rings (SSSR count). The van der Waals surface area contributed by atoms with Crippen molar-refractivity contribution >= 4 is 42.6 Å². The number of morpholine rings is 1. The number of likely N-dealkylation sites (N-methyl/N-ethyl adjacent to an activating group) is 1. The Hall–Kier alpha value is -2.37. The van der Waals surface area contributed by atoms with Gasteiger partial charge in [0, 0.05) is 31.7 Å². The Kier molecular flexibility index (Phi) is 8.89. The van der Waals surface area contributed by atoms with Gasteiger partial charge in [-0.2, -0.15) is 4.31 Å². The highest BCUT2D eigenvalue weighted by Gasteiger charge is 2.32. The van der Waals surface area contributed by atoms with Crippen LogP contribution in [0.3, 0.4) is 0 Å². The minimum atomic E-state index is -3.69. The maximum atomic E-state index is 13.8.